The van der Waals surface area contributed by atoms with Gasteiger partial charge in [0.25, 0.3) is 5.56 Å². The van der Waals surface area contributed by atoms with Gasteiger partial charge in [-0.2, -0.15) is 4.98 Å². The van der Waals surface area contributed by atoms with Gasteiger partial charge in [-0.15, -0.1) is 0 Å². The van der Waals surface area contributed by atoms with Crippen LogP contribution in [0.3, 0.4) is 0 Å². The third-order valence-electron chi connectivity index (χ3n) is 3.44. The van der Waals surface area contributed by atoms with Crippen molar-refractivity contribution in [1.29, 1.82) is 0 Å². The average Bonchev–Trinajstić information content (AvgIpc) is 2.99. The van der Waals surface area contributed by atoms with Crippen LogP contribution < -0.4 is 11.3 Å². The number of aromatic amines is 1. The number of hydrogen-bond acceptors (Lipinski definition) is 7. The molecule has 3 heterocycles. The molecule has 9 nitrogen and oxygen atoms in total. The van der Waals surface area contributed by atoms with Gasteiger partial charge < -0.3 is 20.3 Å². The van der Waals surface area contributed by atoms with Gasteiger partial charge in [0.15, 0.2) is 23.6 Å². The van der Waals surface area contributed by atoms with Crippen LogP contribution in [0, 0.1) is 0 Å². The second-order valence-corrected chi connectivity index (χ2v) is 4.67. The Morgan fingerprint density at radius 1 is 1.67 bits per heavy atom. The summed E-state index contributed by atoms with van der Waals surface area (Å²) in [7, 11) is 1.33. The lowest BCUT2D eigenvalue weighted by Gasteiger charge is -2.19. The maximum absolute atomic E-state index is 14.1. The van der Waals surface area contributed by atoms with Crippen LogP contribution in [0.4, 0.5) is 10.3 Å². The van der Waals surface area contributed by atoms with E-state index in [4.69, 9.17) is 20.3 Å². The van der Waals surface area contributed by atoms with Gasteiger partial charge in [0, 0.05) is 7.11 Å². The second-order valence-electron chi connectivity index (χ2n) is 4.67. The van der Waals surface area contributed by atoms with Crippen molar-refractivity contribution in [2.24, 2.45) is 0 Å². The first-order chi connectivity index (χ1) is 10.1. The number of ether oxygens (including phenoxy) is 2. The average molecular weight is 299 g/mol. The normalized spacial score (nSPS) is 29.3. The molecule has 2 aromatic heterocycles. The van der Waals surface area contributed by atoms with Gasteiger partial charge in [-0.25, -0.2) is 9.37 Å². The largest absolute Gasteiger partial charge is 0.394 e. The zero-order valence-electron chi connectivity index (χ0n) is 11.1. The maximum atomic E-state index is 14.1. The molecule has 1 saturated heterocycles. The molecule has 0 spiro atoms. The van der Waals surface area contributed by atoms with Crippen LogP contribution in [0.1, 0.15) is 6.23 Å². The predicted molar refractivity (Wildman–Crippen MR) is 69.2 cm³/mol. The zero-order chi connectivity index (χ0) is 15.1. The van der Waals surface area contributed by atoms with E-state index < -0.39 is 36.8 Å². The van der Waals surface area contributed by atoms with Crippen LogP contribution in [0.25, 0.3) is 11.2 Å². The van der Waals surface area contributed by atoms with Crippen LogP contribution in [-0.2, 0) is 9.47 Å². The Balaban J connectivity index is 2.10. The summed E-state index contributed by atoms with van der Waals surface area (Å²) in [5, 5.41) is 9.13. The van der Waals surface area contributed by atoms with Gasteiger partial charge in [0.05, 0.1) is 12.9 Å². The van der Waals surface area contributed by atoms with Gasteiger partial charge in [0.1, 0.15) is 12.2 Å². The lowest BCUT2D eigenvalue weighted by Crippen LogP contribution is -2.31. The highest BCUT2D eigenvalue weighted by atomic mass is 19.1. The highest BCUT2D eigenvalue weighted by Gasteiger charge is 2.46. The maximum Gasteiger partial charge on any atom is 0.280 e. The van der Waals surface area contributed by atoms with Crippen molar-refractivity contribution in [3.8, 4) is 0 Å². The van der Waals surface area contributed by atoms with Crippen molar-refractivity contribution < 1.29 is 19.0 Å². The Labute approximate surface area is 117 Å². The summed E-state index contributed by atoms with van der Waals surface area (Å²) in [5.74, 6) is -0.0864. The van der Waals surface area contributed by atoms with Crippen molar-refractivity contribution >= 4 is 17.1 Å². The number of nitrogens with two attached hydrogens (primary N) is 1. The number of methoxy groups -OCH3 is 1. The van der Waals surface area contributed by atoms with E-state index in [1.54, 1.807) is 0 Å². The summed E-state index contributed by atoms with van der Waals surface area (Å²) in [6, 6.07) is 0. The smallest absolute Gasteiger partial charge is 0.280 e. The van der Waals surface area contributed by atoms with Crippen LogP contribution in [0.5, 0.6) is 0 Å². The van der Waals surface area contributed by atoms with E-state index in [1.807, 2.05) is 0 Å². The highest BCUT2D eigenvalue weighted by Crippen LogP contribution is 2.34. The van der Waals surface area contributed by atoms with E-state index >= 15 is 0 Å². The van der Waals surface area contributed by atoms with Gasteiger partial charge in [-0.3, -0.25) is 14.3 Å². The molecule has 0 saturated carbocycles. The Morgan fingerprint density at radius 3 is 3.10 bits per heavy atom. The molecular formula is C11H14FN5O4. The number of rotatable bonds is 3. The number of aliphatic hydroxyl groups is 1. The summed E-state index contributed by atoms with van der Waals surface area (Å²) >= 11 is 0. The molecule has 1 aliphatic rings. The number of nitrogens with zero attached hydrogens (tertiary/aromatic N) is 3. The van der Waals surface area contributed by atoms with Crippen LogP contribution in [0.15, 0.2) is 11.1 Å². The fourth-order valence-electron chi connectivity index (χ4n) is 2.44. The number of alkyl halides is 1. The molecule has 10 heteroatoms. The molecule has 1 fully saturated rings. The lowest BCUT2D eigenvalue weighted by molar-refractivity contribution is -0.0583. The van der Waals surface area contributed by atoms with E-state index in [0.29, 0.717) is 0 Å². The molecule has 21 heavy (non-hydrogen) atoms. The van der Waals surface area contributed by atoms with E-state index in [1.165, 1.54) is 18.0 Å². The molecule has 1 unspecified atom stereocenters. The third kappa shape index (κ3) is 2.07. The number of halogens is 1. The molecule has 1 aliphatic heterocycles. The van der Waals surface area contributed by atoms with E-state index in [9.17, 15) is 9.18 Å². The number of H-pyrrole nitrogens is 1. The quantitative estimate of drug-likeness (QED) is 0.659. The number of imidazole rings is 1. The van der Waals surface area contributed by atoms with Crippen molar-refractivity contribution in [1.82, 2.24) is 19.5 Å². The predicted octanol–water partition coefficient (Wildman–Crippen LogP) is -1.06. The Morgan fingerprint density at radius 2 is 2.43 bits per heavy atom. The third-order valence-corrected chi connectivity index (χ3v) is 3.44. The van der Waals surface area contributed by atoms with E-state index in [2.05, 4.69) is 15.0 Å². The van der Waals surface area contributed by atoms with E-state index in [-0.39, 0.29) is 17.1 Å². The SMILES string of the molecule is CO[C@@H]1C(F)[C@@H](CO)O[C@H]1n1cnc2c(=O)[nH]c(N)nc21. The van der Waals surface area contributed by atoms with Crippen molar-refractivity contribution in [3.05, 3.63) is 16.7 Å². The number of aromatic nitrogens is 4. The van der Waals surface area contributed by atoms with Crippen molar-refractivity contribution in [2.75, 3.05) is 19.5 Å². The number of anilines is 1. The summed E-state index contributed by atoms with van der Waals surface area (Å²) in [6.07, 6.45) is -3.09. The second kappa shape index (κ2) is 5.06. The lowest BCUT2D eigenvalue weighted by atomic mass is 10.1. The number of fused-ring (bicyclic) bond motifs is 1. The van der Waals surface area contributed by atoms with Crippen molar-refractivity contribution in [3.63, 3.8) is 0 Å². The molecule has 4 N–H and O–H groups in total. The molecule has 114 valence electrons. The number of hydrogen-bond donors (Lipinski definition) is 3. The highest BCUT2D eigenvalue weighted by molar-refractivity contribution is 5.70. The van der Waals surface area contributed by atoms with Crippen molar-refractivity contribution in [2.45, 2.75) is 24.6 Å². The van der Waals surface area contributed by atoms with Crippen LogP contribution >= 0.6 is 0 Å². The number of nitrogen functional groups attached to an aromatic ring is 1. The zero-order valence-corrected chi connectivity index (χ0v) is 11.1. The molecule has 0 radical (unpaired) electrons. The molecule has 2 aromatic rings. The first kappa shape index (κ1) is 13.9. The molecule has 0 aromatic carbocycles. The van der Waals surface area contributed by atoms with E-state index in [0.717, 1.165) is 0 Å². The number of nitrogens with one attached hydrogen (secondary N) is 1. The standard InChI is InChI=1S/C11H14FN5O4/c1-20-7-5(12)4(2-18)21-10(7)17-3-14-6-8(17)15-11(13)16-9(6)19/h3-5,7,10,18H,2H2,1H3,(H3,13,15,16,19)/t4-,5?,7-,10-/m1/s1. The van der Waals surface area contributed by atoms with Gasteiger partial charge in [-0.05, 0) is 0 Å². The molecule has 0 amide bonds. The summed E-state index contributed by atoms with van der Waals surface area (Å²) < 4.78 is 26.0. The topological polar surface area (TPSA) is 128 Å². The molecule has 0 aliphatic carbocycles. The Hall–Kier alpha value is -2.04. The summed E-state index contributed by atoms with van der Waals surface area (Å²) in [5.41, 5.74) is 5.23. The first-order valence-electron chi connectivity index (χ1n) is 6.22. The minimum Gasteiger partial charge on any atom is -0.394 e. The van der Waals surface area contributed by atoms with Gasteiger partial charge in [0.2, 0.25) is 5.95 Å². The van der Waals surface area contributed by atoms with Gasteiger partial charge in [-0.1, -0.05) is 0 Å². The Kier molecular flexibility index (Phi) is 3.35. The molecule has 0 bridgehead atoms. The monoisotopic (exact) mass is 299 g/mol. The van der Waals surface area contributed by atoms with Crippen LogP contribution in [0.2, 0.25) is 0 Å². The fourth-order valence-corrected chi connectivity index (χ4v) is 2.44. The summed E-state index contributed by atoms with van der Waals surface area (Å²) in [4.78, 5) is 22.0. The molecule has 3 rings (SSSR count). The minimum absolute atomic E-state index is 0.0607. The molecule has 4 atom stereocenters. The first-order valence-corrected chi connectivity index (χ1v) is 6.22. The minimum atomic E-state index is -1.51. The van der Waals surface area contributed by atoms with Crippen LogP contribution in [-0.4, -0.2) is 56.7 Å². The summed E-state index contributed by atoms with van der Waals surface area (Å²) in [6.45, 7) is -0.486. The van der Waals surface area contributed by atoms with Gasteiger partial charge >= 0.3 is 0 Å². The molecular weight excluding hydrogens is 285 g/mol. The fraction of sp³-hybridized carbons (Fsp3) is 0.545. The number of aliphatic hydroxyl groups excluding tert-OH is 1. The Bertz CT molecular complexity index is 716.